The van der Waals surface area contributed by atoms with Gasteiger partial charge in [-0.15, -0.1) is 0 Å². The van der Waals surface area contributed by atoms with Crippen molar-refractivity contribution in [2.75, 3.05) is 10.2 Å². The maximum absolute atomic E-state index is 13.6. The average molecular weight is 505 g/mol. The van der Waals surface area contributed by atoms with E-state index in [0.29, 0.717) is 0 Å². The van der Waals surface area contributed by atoms with Crippen molar-refractivity contribution in [3.05, 3.63) is 95.6 Å². The van der Waals surface area contributed by atoms with Crippen LogP contribution in [0.1, 0.15) is 40.2 Å². The number of fused-ring (bicyclic) bond motifs is 5. The molecule has 3 aromatic rings. The van der Waals surface area contributed by atoms with Gasteiger partial charge in [0.15, 0.2) is 0 Å². The molecule has 0 spiro atoms. The van der Waals surface area contributed by atoms with Crippen molar-refractivity contribution < 1.29 is 27.6 Å². The number of imide groups is 1. The van der Waals surface area contributed by atoms with Crippen molar-refractivity contribution in [2.45, 2.75) is 24.9 Å². The number of amides is 3. The van der Waals surface area contributed by atoms with Crippen LogP contribution < -0.4 is 10.2 Å². The van der Waals surface area contributed by atoms with Crippen LogP contribution in [0.4, 0.5) is 24.5 Å². The van der Waals surface area contributed by atoms with Gasteiger partial charge >= 0.3 is 6.18 Å². The van der Waals surface area contributed by atoms with E-state index in [0.717, 1.165) is 18.9 Å². The Morgan fingerprint density at radius 3 is 2.30 bits per heavy atom. The van der Waals surface area contributed by atoms with Gasteiger partial charge in [0.05, 0.1) is 28.8 Å². The number of hydrogen-bond acceptors (Lipinski definition) is 3. The van der Waals surface area contributed by atoms with Crippen LogP contribution in [0.3, 0.4) is 0 Å². The van der Waals surface area contributed by atoms with Gasteiger partial charge in [0, 0.05) is 5.56 Å². The molecule has 0 unspecified atom stereocenters. The highest BCUT2D eigenvalue weighted by molar-refractivity contribution is 6.23. The first-order valence-electron chi connectivity index (χ1n) is 12.2. The molecule has 0 radical (unpaired) electrons. The monoisotopic (exact) mass is 504 g/mol. The summed E-state index contributed by atoms with van der Waals surface area (Å²) in [5.41, 5.74) is 0.177. The largest absolute Gasteiger partial charge is 0.418 e. The Morgan fingerprint density at radius 1 is 0.838 bits per heavy atom. The molecule has 2 saturated carbocycles. The van der Waals surface area contributed by atoms with Gasteiger partial charge in [-0.1, -0.05) is 48.5 Å². The molecule has 3 amide bonds. The average Bonchev–Trinajstić information content (AvgIpc) is 3.55. The molecule has 3 fully saturated rings. The Labute approximate surface area is 211 Å². The van der Waals surface area contributed by atoms with E-state index < -0.39 is 23.6 Å². The van der Waals surface area contributed by atoms with E-state index in [-0.39, 0.29) is 52.4 Å². The Kier molecular flexibility index (Phi) is 5.44. The summed E-state index contributed by atoms with van der Waals surface area (Å²) in [7, 11) is 0. The summed E-state index contributed by atoms with van der Waals surface area (Å²) in [6.07, 6.45) is -2.92. The summed E-state index contributed by atoms with van der Waals surface area (Å²) in [6, 6.07) is 20.7. The Balaban J connectivity index is 1.25. The summed E-state index contributed by atoms with van der Waals surface area (Å²) in [5, 5.41) is 2.31. The third kappa shape index (κ3) is 3.82. The van der Waals surface area contributed by atoms with Gasteiger partial charge in [-0.3, -0.25) is 19.3 Å². The number of benzene rings is 3. The Bertz CT molecular complexity index is 1400. The van der Waals surface area contributed by atoms with Crippen molar-refractivity contribution in [1.29, 1.82) is 0 Å². The van der Waals surface area contributed by atoms with Crippen LogP contribution in [-0.2, 0) is 15.8 Å². The number of carbonyl (C=O) groups is 3. The van der Waals surface area contributed by atoms with Crippen LogP contribution in [-0.4, -0.2) is 17.7 Å². The molecule has 8 heteroatoms. The van der Waals surface area contributed by atoms with E-state index >= 15 is 0 Å². The molecule has 0 aromatic heterocycles. The summed E-state index contributed by atoms with van der Waals surface area (Å²) < 4.78 is 40.0. The van der Waals surface area contributed by atoms with Gasteiger partial charge in [-0.2, -0.15) is 13.2 Å². The molecular formula is C29H23F3N2O3. The molecule has 6 rings (SSSR count). The lowest BCUT2D eigenvalue weighted by molar-refractivity contribution is -0.137. The lowest BCUT2D eigenvalue weighted by atomic mass is 9.73. The fraction of sp³-hybridized carbons (Fsp3) is 0.276. The number of nitrogens with zero attached hydrogens (tertiary/aromatic N) is 1. The van der Waals surface area contributed by atoms with Gasteiger partial charge in [0.25, 0.3) is 5.91 Å². The lowest BCUT2D eigenvalue weighted by Gasteiger charge is -2.28. The van der Waals surface area contributed by atoms with E-state index in [1.54, 1.807) is 6.07 Å². The second-order valence-electron chi connectivity index (χ2n) is 10.0. The quantitative estimate of drug-likeness (QED) is 0.451. The normalized spacial score (nSPS) is 26.5. The molecule has 5 nitrogen and oxygen atoms in total. The highest BCUT2D eigenvalue weighted by Gasteiger charge is 2.64. The number of nitrogens with one attached hydrogen (secondary N) is 1. The minimum absolute atomic E-state index is 0.0530. The van der Waals surface area contributed by atoms with Gasteiger partial charge in [-0.25, -0.2) is 0 Å². The molecule has 2 bridgehead atoms. The number of anilines is 2. The number of carbonyl (C=O) groups excluding carboxylic acids is 3. The fourth-order valence-electron chi connectivity index (χ4n) is 6.62. The third-order valence-corrected chi connectivity index (χ3v) is 8.09. The first kappa shape index (κ1) is 23.5. The van der Waals surface area contributed by atoms with Crippen LogP contribution in [0.15, 0.2) is 78.9 Å². The zero-order valence-corrected chi connectivity index (χ0v) is 19.6. The van der Waals surface area contributed by atoms with E-state index in [1.165, 1.54) is 46.9 Å². The first-order chi connectivity index (χ1) is 17.7. The van der Waals surface area contributed by atoms with Crippen molar-refractivity contribution in [3.8, 4) is 0 Å². The predicted molar refractivity (Wildman–Crippen MR) is 131 cm³/mol. The van der Waals surface area contributed by atoms with Crippen molar-refractivity contribution >= 4 is 29.1 Å². The zero-order chi connectivity index (χ0) is 25.9. The van der Waals surface area contributed by atoms with Gasteiger partial charge in [0.2, 0.25) is 11.8 Å². The maximum atomic E-state index is 13.6. The van der Waals surface area contributed by atoms with Gasteiger partial charge < -0.3 is 5.32 Å². The summed E-state index contributed by atoms with van der Waals surface area (Å²) in [5.74, 6) is -1.59. The number of halogens is 3. The van der Waals surface area contributed by atoms with Crippen molar-refractivity contribution in [1.82, 2.24) is 0 Å². The van der Waals surface area contributed by atoms with E-state index in [9.17, 15) is 27.6 Å². The highest BCUT2D eigenvalue weighted by atomic mass is 19.4. The standard InChI is InChI=1S/C29H23F3N2O3/c30-29(31,32)22-11-4-5-12-23(22)33-26(35)17-9-6-10-19(13-17)34-27(36)24-18-14-20(16-7-2-1-3-8-16)21(15-18)25(24)28(34)37/h1-13,18,20-21,24-25H,14-15H2,(H,33,35)/t18-,20+,21+,24+,25-/m0/s1. The molecule has 188 valence electrons. The fourth-order valence-corrected chi connectivity index (χ4v) is 6.62. The van der Waals surface area contributed by atoms with E-state index in [1.807, 2.05) is 18.2 Å². The number of rotatable bonds is 4. The molecule has 1 heterocycles. The van der Waals surface area contributed by atoms with Crippen molar-refractivity contribution in [2.24, 2.45) is 23.7 Å². The molecule has 3 aromatic carbocycles. The van der Waals surface area contributed by atoms with E-state index in [2.05, 4.69) is 17.4 Å². The van der Waals surface area contributed by atoms with Gasteiger partial charge in [0.1, 0.15) is 0 Å². The lowest BCUT2D eigenvalue weighted by Crippen LogP contribution is -2.33. The number of para-hydroxylation sites is 1. The van der Waals surface area contributed by atoms with Crippen LogP contribution in [0, 0.1) is 23.7 Å². The number of alkyl halides is 3. The minimum atomic E-state index is -4.63. The molecule has 3 aliphatic rings. The Morgan fingerprint density at radius 2 is 1.54 bits per heavy atom. The maximum Gasteiger partial charge on any atom is 0.418 e. The molecule has 1 aliphatic heterocycles. The van der Waals surface area contributed by atoms with Gasteiger partial charge in [-0.05, 0) is 66.5 Å². The summed E-state index contributed by atoms with van der Waals surface area (Å²) >= 11 is 0. The number of hydrogen-bond donors (Lipinski definition) is 1. The third-order valence-electron chi connectivity index (χ3n) is 8.09. The minimum Gasteiger partial charge on any atom is -0.321 e. The second kappa shape index (κ2) is 8.57. The zero-order valence-electron chi connectivity index (χ0n) is 19.6. The molecule has 1 N–H and O–H groups in total. The molecule has 2 aliphatic carbocycles. The van der Waals surface area contributed by atoms with Crippen LogP contribution >= 0.6 is 0 Å². The molecular weight excluding hydrogens is 481 g/mol. The molecule has 1 saturated heterocycles. The van der Waals surface area contributed by atoms with Crippen LogP contribution in [0.5, 0.6) is 0 Å². The SMILES string of the molecule is O=C(Nc1ccccc1C(F)(F)F)c1cccc(N2C(=O)[C@@H]3[C@@H]4C[C@@H]([C@@H]3C2=O)[C@@H](c2ccccc2)C4)c1. The predicted octanol–water partition coefficient (Wildman–Crippen LogP) is 5.89. The first-order valence-corrected chi connectivity index (χ1v) is 12.2. The second-order valence-corrected chi connectivity index (χ2v) is 10.0. The van der Waals surface area contributed by atoms with E-state index in [4.69, 9.17) is 0 Å². The van der Waals surface area contributed by atoms with Crippen LogP contribution in [0.2, 0.25) is 0 Å². The van der Waals surface area contributed by atoms with Crippen LogP contribution in [0.25, 0.3) is 0 Å². The Hall–Kier alpha value is -3.94. The summed E-state index contributed by atoms with van der Waals surface area (Å²) in [4.78, 5) is 41.0. The molecule has 5 atom stereocenters. The summed E-state index contributed by atoms with van der Waals surface area (Å²) in [6.45, 7) is 0. The smallest absolute Gasteiger partial charge is 0.321 e. The highest BCUT2D eigenvalue weighted by Crippen LogP contribution is 2.61. The topological polar surface area (TPSA) is 66.5 Å². The molecule has 37 heavy (non-hydrogen) atoms. The van der Waals surface area contributed by atoms with Crippen molar-refractivity contribution in [3.63, 3.8) is 0 Å².